The number of piperazine rings is 1. The van der Waals surface area contributed by atoms with Crippen molar-refractivity contribution >= 4 is 28.3 Å². The first kappa shape index (κ1) is 24.7. The van der Waals surface area contributed by atoms with Gasteiger partial charge in [0.15, 0.2) is 5.82 Å². The highest BCUT2D eigenvalue weighted by Crippen LogP contribution is 2.25. The highest BCUT2D eigenvalue weighted by atomic mass is 19.1. The summed E-state index contributed by atoms with van der Waals surface area (Å²) in [7, 11) is 2.13. The van der Waals surface area contributed by atoms with Crippen molar-refractivity contribution in [2.75, 3.05) is 56.7 Å². The maximum absolute atomic E-state index is 13.0. The predicted octanol–water partition coefficient (Wildman–Crippen LogP) is 4.30. The molecule has 1 amide bonds. The zero-order valence-corrected chi connectivity index (χ0v) is 20.7. The average molecular weight is 504 g/mol. The maximum atomic E-state index is 13.0. The lowest BCUT2D eigenvalue weighted by Crippen LogP contribution is -2.44. The highest BCUT2D eigenvalue weighted by molar-refractivity contribution is 6.08. The molecule has 192 valence electrons. The molecular formula is C28H30FN5O3. The van der Waals surface area contributed by atoms with Crippen molar-refractivity contribution in [2.24, 2.45) is 0 Å². The Morgan fingerprint density at radius 1 is 1.00 bits per heavy atom. The Kier molecular flexibility index (Phi) is 7.62. The lowest BCUT2D eigenvalue weighted by Gasteiger charge is -2.34. The molecule has 9 heteroatoms. The number of ether oxygens (including phenoxy) is 2. The second kappa shape index (κ2) is 11.4. The van der Waals surface area contributed by atoms with Gasteiger partial charge in [0.05, 0.1) is 18.7 Å². The van der Waals surface area contributed by atoms with Crippen LogP contribution in [-0.2, 0) is 11.3 Å². The minimum Gasteiger partial charge on any atom is -0.491 e. The van der Waals surface area contributed by atoms with Crippen molar-refractivity contribution in [3.8, 4) is 5.75 Å². The fourth-order valence-corrected chi connectivity index (χ4v) is 4.24. The summed E-state index contributed by atoms with van der Waals surface area (Å²) in [5, 5.41) is 10.9. The molecule has 8 nitrogen and oxygen atoms in total. The molecule has 37 heavy (non-hydrogen) atoms. The summed E-state index contributed by atoms with van der Waals surface area (Å²) in [6, 6.07) is 19.4. The molecule has 0 saturated carbocycles. The Balaban J connectivity index is 1.12. The van der Waals surface area contributed by atoms with Gasteiger partial charge in [0.1, 0.15) is 18.2 Å². The number of halogens is 1. The van der Waals surface area contributed by atoms with Crippen LogP contribution in [0.25, 0.3) is 10.9 Å². The smallest absolute Gasteiger partial charge is 0.256 e. The van der Waals surface area contributed by atoms with Crippen LogP contribution < -0.4 is 15.0 Å². The number of hydrogen-bond acceptors (Lipinski definition) is 6. The lowest BCUT2D eigenvalue weighted by molar-refractivity contribution is 0.0889. The van der Waals surface area contributed by atoms with E-state index in [1.165, 1.54) is 12.1 Å². The lowest BCUT2D eigenvalue weighted by atomic mass is 10.1. The summed E-state index contributed by atoms with van der Waals surface area (Å²) in [5.74, 6) is 0.660. The summed E-state index contributed by atoms with van der Waals surface area (Å²) in [6.07, 6.45) is 0. The van der Waals surface area contributed by atoms with Crippen molar-refractivity contribution in [1.82, 2.24) is 15.1 Å². The molecular weight excluding hydrogens is 473 g/mol. The van der Waals surface area contributed by atoms with Gasteiger partial charge in [0.25, 0.3) is 5.91 Å². The Hall–Kier alpha value is -3.95. The van der Waals surface area contributed by atoms with Crippen molar-refractivity contribution in [3.05, 3.63) is 83.7 Å². The van der Waals surface area contributed by atoms with E-state index in [0.29, 0.717) is 37.0 Å². The molecule has 1 aromatic heterocycles. The SMILES string of the molecule is CN1CCN(c2ccc(C(=O)Nc3n[nH]c4cc(OCCOCc5ccc(F)cc5)ccc34)cc2)CC1. The number of fused-ring (bicyclic) bond motifs is 1. The number of aromatic amines is 1. The predicted molar refractivity (Wildman–Crippen MR) is 142 cm³/mol. The standard InChI is InChI=1S/C28H30FN5O3/c1-33-12-14-34(15-13-33)23-8-4-21(5-9-23)28(35)30-27-25-11-10-24(18-26(25)31-32-27)37-17-16-36-19-20-2-6-22(29)7-3-20/h2-11,18H,12-17,19H2,1H3,(H2,30,31,32,35). The van der Waals surface area contributed by atoms with Gasteiger partial charge >= 0.3 is 0 Å². The Morgan fingerprint density at radius 3 is 2.51 bits per heavy atom. The minimum atomic E-state index is -0.264. The van der Waals surface area contributed by atoms with Gasteiger partial charge in [-0.3, -0.25) is 9.89 Å². The number of aromatic nitrogens is 2. The number of anilines is 2. The van der Waals surface area contributed by atoms with E-state index < -0.39 is 0 Å². The molecule has 3 aromatic carbocycles. The first-order valence-electron chi connectivity index (χ1n) is 12.3. The van der Waals surface area contributed by atoms with Crippen LogP contribution in [0.1, 0.15) is 15.9 Å². The fraction of sp³-hybridized carbons (Fsp3) is 0.286. The van der Waals surface area contributed by atoms with E-state index in [1.54, 1.807) is 12.1 Å². The second-order valence-electron chi connectivity index (χ2n) is 9.10. The van der Waals surface area contributed by atoms with Crippen molar-refractivity contribution in [1.29, 1.82) is 0 Å². The van der Waals surface area contributed by atoms with E-state index in [-0.39, 0.29) is 11.7 Å². The van der Waals surface area contributed by atoms with Crippen LogP contribution in [0.4, 0.5) is 15.9 Å². The number of benzene rings is 3. The number of carbonyl (C=O) groups is 1. The normalized spacial score (nSPS) is 14.2. The Labute approximate surface area is 215 Å². The molecule has 1 saturated heterocycles. The van der Waals surface area contributed by atoms with E-state index >= 15 is 0 Å². The molecule has 0 radical (unpaired) electrons. The van der Waals surface area contributed by atoms with E-state index in [9.17, 15) is 9.18 Å². The van der Waals surface area contributed by atoms with Crippen molar-refractivity contribution < 1.29 is 18.7 Å². The monoisotopic (exact) mass is 503 g/mol. The maximum Gasteiger partial charge on any atom is 0.256 e. The number of nitrogens with zero attached hydrogens (tertiary/aromatic N) is 3. The zero-order valence-electron chi connectivity index (χ0n) is 20.7. The largest absolute Gasteiger partial charge is 0.491 e. The van der Waals surface area contributed by atoms with Crippen molar-refractivity contribution in [2.45, 2.75) is 6.61 Å². The molecule has 2 heterocycles. The number of hydrogen-bond donors (Lipinski definition) is 2. The van der Waals surface area contributed by atoms with Crippen LogP contribution in [0, 0.1) is 5.82 Å². The topological polar surface area (TPSA) is 82.7 Å². The van der Waals surface area contributed by atoms with E-state index in [1.807, 2.05) is 42.5 Å². The van der Waals surface area contributed by atoms with Crippen LogP contribution in [0.2, 0.25) is 0 Å². The van der Waals surface area contributed by atoms with Gasteiger partial charge in [-0.05, 0) is 61.1 Å². The highest BCUT2D eigenvalue weighted by Gasteiger charge is 2.16. The molecule has 0 unspecified atom stereocenters. The van der Waals surface area contributed by atoms with Crippen LogP contribution in [0.5, 0.6) is 5.75 Å². The number of amides is 1. The quantitative estimate of drug-likeness (QED) is 0.332. The Bertz CT molecular complexity index is 1330. The minimum absolute atomic E-state index is 0.211. The summed E-state index contributed by atoms with van der Waals surface area (Å²) in [4.78, 5) is 17.5. The van der Waals surface area contributed by atoms with Gasteiger partial charge in [0, 0.05) is 48.9 Å². The number of carbonyl (C=O) groups excluding carboxylic acids is 1. The van der Waals surface area contributed by atoms with E-state index in [4.69, 9.17) is 9.47 Å². The summed E-state index contributed by atoms with van der Waals surface area (Å²) >= 11 is 0. The molecule has 1 aliphatic rings. The van der Waals surface area contributed by atoms with Crippen LogP contribution in [0.3, 0.4) is 0 Å². The number of H-pyrrole nitrogens is 1. The fourth-order valence-electron chi connectivity index (χ4n) is 4.24. The molecule has 0 spiro atoms. The number of likely N-dealkylation sites (N-methyl/N-ethyl adjacent to an activating group) is 1. The van der Waals surface area contributed by atoms with Gasteiger partial charge in [0.2, 0.25) is 0 Å². The molecule has 0 aliphatic carbocycles. The van der Waals surface area contributed by atoms with Crippen molar-refractivity contribution in [3.63, 3.8) is 0 Å². The molecule has 4 aromatic rings. The summed E-state index contributed by atoms with van der Waals surface area (Å²) < 4.78 is 24.3. The molecule has 5 rings (SSSR count). The molecule has 0 atom stereocenters. The molecule has 0 bridgehead atoms. The second-order valence-corrected chi connectivity index (χ2v) is 9.10. The average Bonchev–Trinajstić information content (AvgIpc) is 3.32. The third kappa shape index (κ3) is 6.25. The van der Waals surface area contributed by atoms with Gasteiger partial charge in [-0.1, -0.05) is 12.1 Å². The van der Waals surface area contributed by atoms with E-state index in [2.05, 4.69) is 32.4 Å². The number of rotatable bonds is 9. The van der Waals surface area contributed by atoms with Crippen LogP contribution in [0.15, 0.2) is 66.7 Å². The third-order valence-corrected chi connectivity index (χ3v) is 6.44. The first-order valence-corrected chi connectivity index (χ1v) is 12.3. The third-order valence-electron chi connectivity index (χ3n) is 6.44. The summed E-state index contributed by atoms with van der Waals surface area (Å²) in [5.41, 5.74) is 3.36. The van der Waals surface area contributed by atoms with Gasteiger partial charge in [-0.15, -0.1) is 0 Å². The Morgan fingerprint density at radius 2 is 1.76 bits per heavy atom. The van der Waals surface area contributed by atoms with Gasteiger partial charge in [-0.2, -0.15) is 5.10 Å². The van der Waals surface area contributed by atoms with Crippen LogP contribution in [-0.4, -0.2) is 67.4 Å². The van der Waals surface area contributed by atoms with E-state index in [0.717, 1.165) is 48.3 Å². The first-order chi connectivity index (χ1) is 18.0. The zero-order chi connectivity index (χ0) is 25.6. The molecule has 1 fully saturated rings. The van der Waals surface area contributed by atoms with Gasteiger partial charge in [-0.25, -0.2) is 4.39 Å². The number of nitrogens with one attached hydrogen (secondary N) is 2. The summed E-state index contributed by atoms with van der Waals surface area (Å²) in [6.45, 7) is 5.19. The van der Waals surface area contributed by atoms with Crippen LogP contribution >= 0.6 is 0 Å². The van der Waals surface area contributed by atoms with Gasteiger partial charge < -0.3 is 24.6 Å². The molecule has 1 aliphatic heterocycles. The molecule has 2 N–H and O–H groups in total.